The second-order valence-corrected chi connectivity index (χ2v) is 3.51. The molecule has 0 aliphatic rings. The Bertz CT molecular complexity index is 299. The Balaban J connectivity index is 2.43. The van der Waals surface area contributed by atoms with Gasteiger partial charge < -0.3 is 5.32 Å². The fourth-order valence-electron chi connectivity index (χ4n) is 0.935. The first-order chi connectivity index (χ1) is 6.49. The molecule has 78 valence electrons. The van der Waals surface area contributed by atoms with E-state index >= 15 is 0 Å². The van der Waals surface area contributed by atoms with Crippen molar-refractivity contribution >= 4 is 17.3 Å². The number of hydrogen-bond donors (Lipinski definition) is 1. The van der Waals surface area contributed by atoms with Gasteiger partial charge in [-0.1, -0.05) is 11.6 Å². The molecule has 0 spiro atoms. The molecule has 0 aliphatic heterocycles. The molecular weight excluding hydrogens is 210 g/mol. The van der Waals surface area contributed by atoms with E-state index in [2.05, 4.69) is 10.3 Å². The molecule has 1 aromatic heterocycles. The van der Waals surface area contributed by atoms with Gasteiger partial charge in [-0.05, 0) is 13.0 Å². The number of pyridine rings is 1. The lowest BCUT2D eigenvalue weighted by Gasteiger charge is -2.11. The van der Waals surface area contributed by atoms with Crippen LogP contribution in [0.1, 0.15) is 13.3 Å². The minimum Gasteiger partial charge on any atom is -0.384 e. The van der Waals surface area contributed by atoms with E-state index in [-0.39, 0.29) is 13.0 Å². The molecular formula is C9H11ClF2N2. The summed E-state index contributed by atoms with van der Waals surface area (Å²) < 4.78 is 24.9. The molecule has 5 heteroatoms. The summed E-state index contributed by atoms with van der Waals surface area (Å²) in [5, 5.41) is 3.25. The zero-order valence-electron chi connectivity index (χ0n) is 7.73. The highest BCUT2D eigenvalue weighted by molar-refractivity contribution is 6.33. The van der Waals surface area contributed by atoms with E-state index in [1.54, 1.807) is 12.3 Å². The first-order valence-electron chi connectivity index (χ1n) is 4.20. The van der Waals surface area contributed by atoms with Crippen LogP contribution >= 0.6 is 11.6 Å². The second-order valence-electron chi connectivity index (χ2n) is 3.10. The van der Waals surface area contributed by atoms with Crippen molar-refractivity contribution in [1.29, 1.82) is 0 Å². The van der Waals surface area contributed by atoms with Gasteiger partial charge in [-0.2, -0.15) is 0 Å². The highest BCUT2D eigenvalue weighted by Crippen LogP contribution is 2.21. The SMILES string of the molecule is CC(F)(F)CCNc1ccncc1Cl. The summed E-state index contributed by atoms with van der Waals surface area (Å²) in [6.07, 6.45) is 2.80. The smallest absolute Gasteiger partial charge is 0.247 e. The second kappa shape index (κ2) is 4.55. The molecule has 0 radical (unpaired) electrons. The van der Waals surface area contributed by atoms with Crippen molar-refractivity contribution in [2.75, 3.05) is 11.9 Å². The summed E-state index contributed by atoms with van der Waals surface area (Å²) in [6.45, 7) is 1.08. The number of nitrogens with zero attached hydrogens (tertiary/aromatic N) is 1. The summed E-state index contributed by atoms with van der Waals surface area (Å²) in [5.41, 5.74) is 0.630. The lowest BCUT2D eigenvalue weighted by atomic mass is 10.2. The van der Waals surface area contributed by atoms with Crippen molar-refractivity contribution in [1.82, 2.24) is 4.98 Å². The molecule has 0 unspecified atom stereocenters. The largest absolute Gasteiger partial charge is 0.384 e. The minimum absolute atomic E-state index is 0.188. The number of anilines is 1. The number of rotatable bonds is 4. The maximum Gasteiger partial charge on any atom is 0.247 e. The molecule has 0 saturated heterocycles. The number of aromatic nitrogens is 1. The van der Waals surface area contributed by atoms with Crippen molar-refractivity contribution in [3.63, 3.8) is 0 Å². The van der Waals surface area contributed by atoms with Crippen LogP contribution < -0.4 is 5.32 Å². The summed E-state index contributed by atoms with van der Waals surface area (Å²) in [5.74, 6) is -2.65. The Labute approximate surface area is 86.3 Å². The maximum atomic E-state index is 12.4. The van der Waals surface area contributed by atoms with Gasteiger partial charge in [-0.25, -0.2) is 8.78 Å². The van der Waals surface area contributed by atoms with Gasteiger partial charge in [-0.3, -0.25) is 4.98 Å². The normalized spacial score (nSPS) is 11.4. The molecule has 0 aromatic carbocycles. The Kier molecular flexibility index (Phi) is 3.63. The van der Waals surface area contributed by atoms with Crippen molar-refractivity contribution in [2.45, 2.75) is 19.3 Å². The monoisotopic (exact) mass is 220 g/mol. The quantitative estimate of drug-likeness (QED) is 0.843. The molecule has 1 N–H and O–H groups in total. The van der Waals surface area contributed by atoms with E-state index in [0.717, 1.165) is 6.92 Å². The van der Waals surface area contributed by atoms with Crippen LogP contribution in [0.5, 0.6) is 0 Å². The third-order valence-corrected chi connectivity index (χ3v) is 1.95. The zero-order chi connectivity index (χ0) is 10.6. The van der Waals surface area contributed by atoms with Gasteiger partial charge >= 0.3 is 0 Å². The fraction of sp³-hybridized carbons (Fsp3) is 0.444. The van der Waals surface area contributed by atoms with Crippen molar-refractivity contribution < 1.29 is 8.78 Å². The van der Waals surface area contributed by atoms with Gasteiger partial charge in [0.15, 0.2) is 0 Å². The molecule has 0 aliphatic carbocycles. The molecule has 0 amide bonds. The summed E-state index contributed by atoms with van der Waals surface area (Å²) in [4.78, 5) is 3.78. The summed E-state index contributed by atoms with van der Waals surface area (Å²) in [7, 11) is 0. The zero-order valence-corrected chi connectivity index (χ0v) is 8.48. The minimum atomic E-state index is -2.65. The summed E-state index contributed by atoms with van der Waals surface area (Å²) >= 11 is 5.76. The molecule has 1 rings (SSSR count). The van der Waals surface area contributed by atoms with Crippen LogP contribution in [0.4, 0.5) is 14.5 Å². The first-order valence-corrected chi connectivity index (χ1v) is 4.58. The molecule has 1 aromatic rings. The number of hydrogen-bond acceptors (Lipinski definition) is 2. The van der Waals surface area contributed by atoms with Crippen LogP contribution in [-0.4, -0.2) is 17.5 Å². The van der Waals surface area contributed by atoms with Crippen LogP contribution in [0.3, 0.4) is 0 Å². The van der Waals surface area contributed by atoms with E-state index in [9.17, 15) is 8.78 Å². The average molecular weight is 221 g/mol. The summed E-state index contributed by atoms with van der Waals surface area (Å²) in [6, 6.07) is 1.65. The highest BCUT2D eigenvalue weighted by atomic mass is 35.5. The molecule has 0 saturated carbocycles. The lowest BCUT2D eigenvalue weighted by Crippen LogP contribution is -2.16. The first kappa shape index (κ1) is 11.2. The van der Waals surface area contributed by atoms with Crippen molar-refractivity contribution in [3.8, 4) is 0 Å². The number of nitrogens with one attached hydrogen (secondary N) is 1. The van der Waals surface area contributed by atoms with E-state index in [4.69, 9.17) is 11.6 Å². The van der Waals surface area contributed by atoms with Crippen LogP contribution in [0.2, 0.25) is 5.02 Å². The molecule has 0 fully saturated rings. The number of halogens is 3. The molecule has 0 bridgehead atoms. The Morgan fingerprint density at radius 2 is 2.29 bits per heavy atom. The van der Waals surface area contributed by atoms with Gasteiger partial charge in [0.2, 0.25) is 5.92 Å². The van der Waals surface area contributed by atoms with Crippen molar-refractivity contribution in [2.24, 2.45) is 0 Å². The van der Waals surface area contributed by atoms with Crippen LogP contribution in [0.25, 0.3) is 0 Å². The molecule has 2 nitrogen and oxygen atoms in total. The Morgan fingerprint density at radius 3 is 2.86 bits per heavy atom. The molecule has 14 heavy (non-hydrogen) atoms. The topological polar surface area (TPSA) is 24.9 Å². The Hall–Kier alpha value is -0.900. The molecule has 0 atom stereocenters. The van der Waals surface area contributed by atoms with Crippen LogP contribution in [0.15, 0.2) is 18.5 Å². The highest BCUT2D eigenvalue weighted by Gasteiger charge is 2.19. The number of alkyl halides is 2. The predicted octanol–water partition coefficient (Wildman–Crippen LogP) is 3.19. The maximum absolute atomic E-state index is 12.4. The van der Waals surface area contributed by atoms with Gasteiger partial charge in [0.05, 0.1) is 10.7 Å². The molecule has 1 heterocycles. The lowest BCUT2D eigenvalue weighted by molar-refractivity contribution is 0.0167. The van der Waals surface area contributed by atoms with E-state index in [0.29, 0.717) is 10.7 Å². The van der Waals surface area contributed by atoms with Gasteiger partial charge in [0.25, 0.3) is 0 Å². The Morgan fingerprint density at radius 1 is 1.57 bits per heavy atom. The van der Waals surface area contributed by atoms with Crippen LogP contribution in [0, 0.1) is 0 Å². The average Bonchev–Trinajstić information content (AvgIpc) is 2.06. The third kappa shape index (κ3) is 3.87. The van der Waals surface area contributed by atoms with E-state index in [1.165, 1.54) is 6.20 Å². The van der Waals surface area contributed by atoms with E-state index < -0.39 is 5.92 Å². The van der Waals surface area contributed by atoms with Crippen molar-refractivity contribution in [3.05, 3.63) is 23.5 Å². The van der Waals surface area contributed by atoms with Gasteiger partial charge in [0, 0.05) is 25.4 Å². The fourth-order valence-corrected chi connectivity index (χ4v) is 1.12. The predicted molar refractivity (Wildman–Crippen MR) is 53.0 cm³/mol. The van der Waals surface area contributed by atoms with Gasteiger partial charge in [-0.15, -0.1) is 0 Å². The van der Waals surface area contributed by atoms with Gasteiger partial charge in [0.1, 0.15) is 0 Å². The standard InChI is InChI=1S/C9H11ClF2N2/c1-9(11,12)3-5-14-8-2-4-13-6-7(8)10/h2,4,6H,3,5H2,1H3,(H,13,14). The van der Waals surface area contributed by atoms with E-state index in [1.807, 2.05) is 0 Å². The third-order valence-electron chi connectivity index (χ3n) is 1.65. The van der Waals surface area contributed by atoms with Crippen LogP contribution in [-0.2, 0) is 0 Å².